The van der Waals surface area contributed by atoms with E-state index in [1.165, 1.54) is 23.1 Å². The molecule has 4 rings (SSSR count). The lowest BCUT2D eigenvalue weighted by Gasteiger charge is -2.34. The highest BCUT2D eigenvalue weighted by molar-refractivity contribution is 7.92. The second-order valence-electron chi connectivity index (χ2n) is 10.2. The van der Waals surface area contributed by atoms with E-state index in [9.17, 15) is 18.0 Å². The summed E-state index contributed by atoms with van der Waals surface area (Å²) < 4.78 is 26.8. The third-order valence-electron chi connectivity index (χ3n) is 7.14. The van der Waals surface area contributed by atoms with Crippen LogP contribution >= 0.6 is 34.8 Å². The van der Waals surface area contributed by atoms with Gasteiger partial charge in [0.15, 0.2) is 0 Å². The number of anilines is 1. The third-order valence-corrected chi connectivity index (χ3v) is 9.39. The largest absolute Gasteiger partial charge is 0.352 e. The topological polar surface area (TPSA) is 86.8 Å². The second kappa shape index (κ2) is 13.9. The molecule has 11 heteroatoms. The molecule has 3 aromatic rings. The van der Waals surface area contributed by atoms with Crippen LogP contribution < -0.4 is 9.62 Å². The molecule has 2 amide bonds. The van der Waals surface area contributed by atoms with Gasteiger partial charge in [0, 0.05) is 24.0 Å². The highest BCUT2D eigenvalue weighted by atomic mass is 35.5. The first-order valence-electron chi connectivity index (χ1n) is 13.3. The normalized spacial score (nSPS) is 14.4. The molecular formula is C30H32Cl3N3O4S. The fraction of sp³-hybridized carbons (Fsp3) is 0.333. The standard InChI is InChI=1S/C30H32Cl3N3O4S/c1-41(39,40)36(24-15-16-26(32)27(33)18-24)20-29(37)35(19-22-11-5-8-14-25(22)31)28(17-21-9-3-2-4-10-21)30(38)34-23-12-6-7-13-23/h2-5,8-11,14-16,18,23,28H,6-7,12-13,17,19-20H2,1H3,(H,34,38). The minimum absolute atomic E-state index is 0.00701. The summed E-state index contributed by atoms with van der Waals surface area (Å²) in [4.78, 5) is 29.4. The van der Waals surface area contributed by atoms with Gasteiger partial charge in [0.05, 0.1) is 22.0 Å². The molecule has 0 saturated heterocycles. The van der Waals surface area contributed by atoms with E-state index in [0.717, 1.165) is 41.8 Å². The lowest BCUT2D eigenvalue weighted by Crippen LogP contribution is -2.54. The first-order chi connectivity index (χ1) is 19.5. The summed E-state index contributed by atoms with van der Waals surface area (Å²) in [5, 5.41) is 3.97. The van der Waals surface area contributed by atoms with Crippen LogP contribution in [0.2, 0.25) is 15.1 Å². The van der Waals surface area contributed by atoms with Crippen molar-refractivity contribution in [1.82, 2.24) is 10.2 Å². The number of carbonyl (C=O) groups excluding carboxylic acids is 2. The molecule has 0 spiro atoms. The van der Waals surface area contributed by atoms with Gasteiger partial charge in [-0.15, -0.1) is 0 Å². The first-order valence-corrected chi connectivity index (χ1v) is 16.3. The predicted molar refractivity (Wildman–Crippen MR) is 165 cm³/mol. The molecule has 1 unspecified atom stereocenters. The SMILES string of the molecule is CS(=O)(=O)N(CC(=O)N(Cc1ccccc1Cl)C(Cc1ccccc1)C(=O)NC1CCCC1)c1ccc(Cl)c(Cl)c1. The summed E-state index contributed by atoms with van der Waals surface area (Å²) in [6.45, 7) is -0.545. The number of halogens is 3. The van der Waals surface area contributed by atoms with Gasteiger partial charge in [-0.05, 0) is 48.2 Å². The molecule has 1 saturated carbocycles. The molecule has 0 aliphatic heterocycles. The highest BCUT2D eigenvalue weighted by Crippen LogP contribution is 2.29. The Kier molecular flexibility index (Phi) is 10.6. The molecule has 7 nitrogen and oxygen atoms in total. The fourth-order valence-electron chi connectivity index (χ4n) is 4.99. The number of hydrogen-bond donors (Lipinski definition) is 1. The maximum absolute atomic E-state index is 14.2. The van der Waals surface area contributed by atoms with Crippen molar-refractivity contribution in [3.63, 3.8) is 0 Å². The van der Waals surface area contributed by atoms with Crippen LogP contribution in [0.25, 0.3) is 0 Å². The van der Waals surface area contributed by atoms with E-state index in [0.29, 0.717) is 10.6 Å². The van der Waals surface area contributed by atoms with Crippen molar-refractivity contribution >= 4 is 62.3 Å². The minimum atomic E-state index is -3.92. The van der Waals surface area contributed by atoms with Gasteiger partial charge in [0.1, 0.15) is 12.6 Å². The quantitative estimate of drug-likeness (QED) is 0.275. The maximum Gasteiger partial charge on any atom is 0.244 e. The number of nitrogens with zero attached hydrogens (tertiary/aromatic N) is 2. The number of nitrogens with one attached hydrogen (secondary N) is 1. The molecule has 1 N–H and O–H groups in total. The van der Waals surface area contributed by atoms with E-state index >= 15 is 0 Å². The maximum atomic E-state index is 14.2. The lowest BCUT2D eigenvalue weighted by molar-refractivity contribution is -0.140. The predicted octanol–water partition coefficient (Wildman–Crippen LogP) is 6.11. The van der Waals surface area contributed by atoms with Crippen molar-refractivity contribution in [2.75, 3.05) is 17.1 Å². The van der Waals surface area contributed by atoms with E-state index < -0.39 is 28.5 Å². The van der Waals surface area contributed by atoms with Gasteiger partial charge in [-0.3, -0.25) is 13.9 Å². The van der Waals surface area contributed by atoms with Crippen LogP contribution in [0.1, 0.15) is 36.8 Å². The number of rotatable bonds is 11. The fourth-order valence-corrected chi connectivity index (χ4v) is 6.31. The molecule has 0 aromatic heterocycles. The van der Waals surface area contributed by atoms with E-state index in [1.807, 2.05) is 30.3 Å². The Morgan fingerprint density at radius 2 is 1.56 bits per heavy atom. The van der Waals surface area contributed by atoms with Gasteiger partial charge in [0.2, 0.25) is 21.8 Å². The zero-order chi connectivity index (χ0) is 29.6. The number of carbonyl (C=O) groups is 2. The molecule has 0 radical (unpaired) electrons. The van der Waals surface area contributed by atoms with Crippen molar-refractivity contribution in [3.8, 4) is 0 Å². The zero-order valence-electron chi connectivity index (χ0n) is 22.6. The Bertz CT molecular complexity index is 1480. The smallest absolute Gasteiger partial charge is 0.244 e. The van der Waals surface area contributed by atoms with Gasteiger partial charge < -0.3 is 10.2 Å². The summed E-state index contributed by atoms with van der Waals surface area (Å²) in [7, 11) is -3.92. The summed E-state index contributed by atoms with van der Waals surface area (Å²) >= 11 is 18.7. The van der Waals surface area contributed by atoms with Crippen molar-refractivity contribution in [3.05, 3.63) is 99.0 Å². The van der Waals surface area contributed by atoms with Crippen LogP contribution in [0.4, 0.5) is 5.69 Å². The minimum Gasteiger partial charge on any atom is -0.352 e. The molecule has 1 aliphatic carbocycles. The molecular weight excluding hydrogens is 605 g/mol. The number of hydrogen-bond acceptors (Lipinski definition) is 4. The van der Waals surface area contributed by atoms with Crippen LogP contribution in [-0.2, 0) is 32.6 Å². The molecule has 0 bridgehead atoms. The van der Waals surface area contributed by atoms with Crippen molar-refractivity contribution in [2.45, 2.75) is 50.7 Å². The average Bonchev–Trinajstić information content (AvgIpc) is 3.44. The molecule has 1 aliphatic rings. The molecule has 3 aromatic carbocycles. The Balaban J connectivity index is 1.74. The summed E-state index contributed by atoms with van der Waals surface area (Å²) in [5.74, 6) is -0.856. The van der Waals surface area contributed by atoms with E-state index in [-0.39, 0.29) is 40.6 Å². The van der Waals surface area contributed by atoms with Crippen molar-refractivity contribution in [1.29, 1.82) is 0 Å². The summed E-state index contributed by atoms with van der Waals surface area (Å²) in [6.07, 6.45) is 5.06. The van der Waals surface area contributed by atoms with E-state index in [2.05, 4.69) is 5.32 Å². The Morgan fingerprint density at radius 1 is 0.902 bits per heavy atom. The van der Waals surface area contributed by atoms with Crippen LogP contribution in [0.15, 0.2) is 72.8 Å². The average molecular weight is 637 g/mol. The van der Waals surface area contributed by atoms with Crippen LogP contribution in [0.5, 0.6) is 0 Å². The third kappa shape index (κ3) is 8.38. The lowest BCUT2D eigenvalue weighted by atomic mass is 10.0. The zero-order valence-corrected chi connectivity index (χ0v) is 25.7. The van der Waals surface area contributed by atoms with Gasteiger partial charge in [-0.25, -0.2) is 8.42 Å². The molecule has 41 heavy (non-hydrogen) atoms. The molecule has 218 valence electrons. The summed E-state index contributed by atoms with van der Waals surface area (Å²) in [5.41, 5.74) is 1.68. The Labute approximate surface area is 256 Å². The first kappa shape index (κ1) is 31.2. The van der Waals surface area contributed by atoms with Crippen molar-refractivity contribution < 1.29 is 18.0 Å². The Morgan fingerprint density at radius 3 is 2.20 bits per heavy atom. The molecule has 1 fully saturated rings. The molecule has 0 heterocycles. The van der Waals surface area contributed by atoms with E-state index in [1.54, 1.807) is 24.3 Å². The van der Waals surface area contributed by atoms with Gasteiger partial charge in [-0.1, -0.05) is 96.2 Å². The van der Waals surface area contributed by atoms with Crippen LogP contribution in [-0.4, -0.2) is 50.0 Å². The van der Waals surface area contributed by atoms with Crippen LogP contribution in [0, 0.1) is 0 Å². The van der Waals surface area contributed by atoms with Crippen molar-refractivity contribution in [2.24, 2.45) is 0 Å². The molecule has 1 atom stereocenters. The Hall–Kier alpha value is -2.78. The summed E-state index contributed by atoms with van der Waals surface area (Å²) in [6, 6.07) is 19.9. The number of amides is 2. The van der Waals surface area contributed by atoms with Gasteiger partial charge in [0.25, 0.3) is 0 Å². The number of benzene rings is 3. The van der Waals surface area contributed by atoms with Gasteiger partial charge >= 0.3 is 0 Å². The van der Waals surface area contributed by atoms with Crippen LogP contribution in [0.3, 0.4) is 0 Å². The van der Waals surface area contributed by atoms with E-state index in [4.69, 9.17) is 34.8 Å². The second-order valence-corrected chi connectivity index (χ2v) is 13.3. The number of sulfonamides is 1. The monoisotopic (exact) mass is 635 g/mol. The van der Waals surface area contributed by atoms with Gasteiger partial charge in [-0.2, -0.15) is 0 Å². The highest BCUT2D eigenvalue weighted by Gasteiger charge is 2.34.